The van der Waals surface area contributed by atoms with Crippen molar-refractivity contribution >= 4 is 45.6 Å². The number of esters is 2. The molecule has 1 N–H and O–H groups in total. The van der Waals surface area contributed by atoms with Gasteiger partial charge in [0.15, 0.2) is 4.90 Å². The van der Waals surface area contributed by atoms with Gasteiger partial charge in [0.25, 0.3) is 5.69 Å². The lowest BCUT2D eigenvalue weighted by Gasteiger charge is -2.30. The number of nitro groups is 1. The molecule has 6 rings (SSSR count). The summed E-state index contributed by atoms with van der Waals surface area (Å²) >= 11 is 0. The standard InChI is InChI=1S/C40H48FN5O12S/c1-5-56-37(50)40-21-27(40)12-8-9-17-44(59(54,55)33-15-7-6-14-31(33)46(52)53)18-16-25(19-34(47)58-39(2,3)4)36(49)45-23-28(20-32(45)35(48)42-40)57-38(51)43-22-26-11-10-13-30(41)29(26)24-43/h6-8,10-15,25,27-28,32H,5,9,16-24H2,1-4H3,(H,42,48)/b12-8-/t25-,27-,28-,32+,40-/m1/s1. The molecular formula is C40H48FN5O12S. The van der Waals surface area contributed by atoms with Crippen LogP contribution < -0.4 is 5.32 Å². The van der Waals surface area contributed by atoms with Crippen LogP contribution in [-0.2, 0) is 56.5 Å². The van der Waals surface area contributed by atoms with E-state index in [1.807, 2.05) is 0 Å². The van der Waals surface area contributed by atoms with Crippen molar-refractivity contribution in [1.82, 2.24) is 19.4 Å². The van der Waals surface area contributed by atoms with Crippen molar-refractivity contribution in [2.75, 3.05) is 26.2 Å². The molecule has 5 atom stereocenters. The van der Waals surface area contributed by atoms with Crippen LogP contribution in [-0.4, -0.2) is 107 Å². The van der Waals surface area contributed by atoms with Gasteiger partial charge in [-0.3, -0.25) is 29.4 Å². The molecule has 3 heterocycles. The van der Waals surface area contributed by atoms with Gasteiger partial charge in [-0.05, 0) is 64.7 Å². The highest BCUT2D eigenvalue weighted by Crippen LogP contribution is 2.46. The molecule has 0 radical (unpaired) electrons. The summed E-state index contributed by atoms with van der Waals surface area (Å²) in [6, 6.07) is 8.07. The number of benzene rings is 2. The van der Waals surface area contributed by atoms with Crippen molar-refractivity contribution in [2.24, 2.45) is 11.8 Å². The number of carbonyl (C=O) groups is 5. The van der Waals surface area contributed by atoms with E-state index in [0.29, 0.717) is 11.1 Å². The Hall–Kier alpha value is -5.43. The van der Waals surface area contributed by atoms with Gasteiger partial charge < -0.3 is 24.4 Å². The van der Waals surface area contributed by atoms with Crippen LogP contribution in [0, 0.1) is 27.8 Å². The Morgan fingerprint density at radius 2 is 1.81 bits per heavy atom. The molecule has 1 aliphatic carbocycles. The second-order valence-electron chi connectivity index (χ2n) is 16.1. The first-order valence-electron chi connectivity index (χ1n) is 19.5. The number of nitro benzene ring substituents is 1. The van der Waals surface area contributed by atoms with Gasteiger partial charge in [-0.1, -0.05) is 36.4 Å². The van der Waals surface area contributed by atoms with Crippen molar-refractivity contribution < 1.29 is 55.9 Å². The van der Waals surface area contributed by atoms with Crippen molar-refractivity contribution in [1.29, 1.82) is 0 Å². The number of ether oxygens (including phenoxy) is 3. The molecular weight excluding hydrogens is 794 g/mol. The lowest BCUT2D eigenvalue weighted by molar-refractivity contribution is -0.387. The number of amides is 3. The Bertz CT molecular complexity index is 2160. The van der Waals surface area contributed by atoms with E-state index in [-0.39, 0.29) is 65.0 Å². The number of nitrogens with one attached hydrogen (secondary N) is 1. The van der Waals surface area contributed by atoms with Crippen LogP contribution >= 0.6 is 0 Å². The summed E-state index contributed by atoms with van der Waals surface area (Å²) in [6.45, 7) is 5.67. The Balaban J connectivity index is 1.35. The zero-order valence-corrected chi connectivity index (χ0v) is 34.1. The van der Waals surface area contributed by atoms with E-state index in [9.17, 15) is 46.9 Å². The van der Waals surface area contributed by atoms with Gasteiger partial charge >= 0.3 is 18.0 Å². The number of rotatable bonds is 8. The number of para-hydroxylation sites is 1. The first kappa shape index (κ1) is 43.2. The highest BCUT2D eigenvalue weighted by atomic mass is 32.2. The number of nitrogens with zero attached hydrogens (tertiary/aromatic N) is 4. The largest absolute Gasteiger partial charge is 0.464 e. The summed E-state index contributed by atoms with van der Waals surface area (Å²) < 4.78 is 60.6. The first-order chi connectivity index (χ1) is 27.8. The highest BCUT2D eigenvalue weighted by Gasteiger charge is 2.62. The summed E-state index contributed by atoms with van der Waals surface area (Å²) in [5.41, 5.74) is -2.16. The molecule has 3 amide bonds. The van der Waals surface area contributed by atoms with Gasteiger partial charge in [0.2, 0.25) is 21.8 Å². The number of carbonyl (C=O) groups excluding carboxylic acids is 5. The van der Waals surface area contributed by atoms with Crippen molar-refractivity contribution in [3.63, 3.8) is 0 Å². The van der Waals surface area contributed by atoms with Crippen LogP contribution in [0.5, 0.6) is 0 Å². The molecule has 318 valence electrons. The van der Waals surface area contributed by atoms with E-state index in [0.717, 1.165) is 21.3 Å². The van der Waals surface area contributed by atoms with E-state index < -0.39 is 103 Å². The van der Waals surface area contributed by atoms with Crippen LogP contribution in [0.1, 0.15) is 70.9 Å². The van der Waals surface area contributed by atoms with Gasteiger partial charge in [-0.2, -0.15) is 4.31 Å². The number of fused-ring (bicyclic) bond motifs is 3. The minimum atomic E-state index is -4.57. The third kappa shape index (κ3) is 9.40. The van der Waals surface area contributed by atoms with Crippen LogP contribution in [0.3, 0.4) is 0 Å². The van der Waals surface area contributed by atoms with E-state index in [1.54, 1.807) is 45.9 Å². The number of hydrogen-bond donors (Lipinski definition) is 1. The molecule has 17 nitrogen and oxygen atoms in total. The second-order valence-corrected chi connectivity index (χ2v) is 18.0. The van der Waals surface area contributed by atoms with E-state index in [4.69, 9.17) is 14.2 Å². The zero-order valence-electron chi connectivity index (χ0n) is 33.3. The number of sulfonamides is 1. The van der Waals surface area contributed by atoms with Gasteiger partial charge in [-0.25, -0.2) is 22.4 Å². The predicted molar refractivity (Wildman–Crippen MR) is 206 cm³/mol. The Morgan fingerprint density at radius 1 is 1.07 bits per heavy atom. The van der Waals surface area contributed by atoms with Crippen LogP contribution in [0.2, 0.25) is 0 Å². The fourth-order valence-corrected chi connectivity index (χ4v) is 9.47. The molecule has 0 spiro atoms. The number of halogens is 1. The minimum absolute atomic E-state index is 0.00795. The quantitative estimate of drug-likeness (QED) is 0.132. The lowest BCUT2D eigenvalue weighted by Crippen LogP contribution is -2.54. The van der Waals surface area contributed by atoms with Gasteiger partial charge in [-0.15, -0.1) is 0 Å². The third-order valence-corrected chi connectivity index (χ3v) is 12.7. The fourth-order valence-electron chi connectivity index (χ4n) is 7.84. The Morgan fingerprint density at radius 3 is 2.51 bits per heavy atom. The normalized spacial score (nSPS) is 25.6. The summed E-state index contributed by atoms with van der Waals surface area (Å²) in [5.74, 6) is -5.30. The van der Waals surface area contributed by atoms with E-state index in [2.05, 4.69) is 5.32 Å². The predicted octanol–water partition coefficient (Wildman–Crippen LogP) is 3.98. The zero-order chi connectivity index (χ0) is 42.9. The molecule has 59 heavy (non-hydrogen) atoms. The van der Waals surface area contributed by atoms with Crippen molar-refractivity contribution in [3.05, 3.63) is 81.7 Å². The lowest BCUT2D eigenvalue weighted by atomic mass is 9.98. The van der Waals surface area contributed by atoms with Crippen molar-refractivity contribution in [2.45, 2.75) is 101 Å². The molecule has 0 aromatic heterocycles. The van der Waals surface area contributed by atoms with Crippen LogP contribution in [0.4, 0.5) is 14.9 Å². The van der Waals surface area contributed by atoms with E-state index in [1.165, 1.54) is 29.2 Å². The summed E-state index contributed by atoms with van der Waals surface area (Å²) in [6.07, 6.45) is 0.664. The van der Waals surface area contributed by atoms with Crippen molar-refractivity contribution in [3.8, 4) is 0 Å². The van der Waals surface area contributed by atoms with Gasteiger partial charge in [0, 0.05) is 49.5 Å². The maximum Gasteiger partial charge on any atom is 0.410 e. The molecule has 0 bridgehead atoms. The minimum Gasteiger partial charge on any atom is -0.464 e. The molecule has 0 unspecified atom stereocenters. The molecule has 19 heteroatoms. The molecule has 2 aromatic carbocycles. The van der Waals surface area contributed by atoms with Crippen LogP contribution in [0.25, 0.3) is 0 Å². The smallest absolute Gasteiger partial charge is 0.410 e. The summed E-state index contributed by atoms with van der Waals surface area (Å²) in [5, 5.41) is 14.7. The highest BCUT2D eigenvalue weighted by molar-refractivity contribution is 7.89. The van der Waals surface area contributed by atoms with Crippen LogP contribution in [0.15, 0.2) is 59.5 Å². The molecule has 4 aliphatic rings. The maximum absolute atomic E-state index is 14.7. The van der Waals surface area contributed by atoms with E-state index >= 15 is 0 Å². The fraction of sp³-hybridized carbons (Fsp3) is 0.525. The summed E-state index contributed by atoms with van der Waals surface area (Å²) in [4.78, 5) is 82.2. The number of hydrogen-bond acceptors (Lipinski definition) is 12. The summed E-state index contributed by atoms with van der Waals surface area (Å²) in [7, 11) is -4.57. The average molecular weight is 842 g/mol. The third-order valence-electron chi connectivity index (χ3n) is 10.8. The molecule has 2 fully saturated rings. The second kappa shape index (κ2) is 17.0. The molecule has 2 aromatic rings. The average Bonchev–Trinajstić information content (AvgIpc) is 3.45. The monoisotopic (exact) mass is 841 g/mol. The first-order valence-corrected chi connectivity index (χ1v) is 20.9. The SMILES string of the molecule is CCOC(=O)[C@@]12C[C@H]1/C=C\CCN(S(=O)(=O)c1ccccc1[N+](=O)[O-])CC[C@H](CC(=O)OC(C)(C)C)C(=O)N1C[C@H](OC(=O)N3Cc4cccc(F)c4C3)C[C@H]1C(=O)N2. The maximum atomic E-state index is 14.7. The molecule has 1 saturated heterocycles. The van der Waals surface area contributed by atoms with Gasteiger partial charge in [0.05, 0.1) is 31.0 Å². The topological polar surface area (TPSA) is 212 Å². The molecule has 1 saturated carbocycles. The Kier molecular flexibility index (Phi) is 12.5. The van der Waals surface area contributed by atoms with Gasteiger partial charge in [0.1, 0.15) is 29.1 Å². The Labute approximate surface area is 341 Å². The molecule has 3 aliphatic heterocycles.